The molecule has 1 N–H and O–H groups in total. The number of amides is 1. The van der Waals surface area contributed by atoms with Crippen LogP contribution < -0.4 is 0 Å². The van der Waals surface area contributed by atoms with Crippen LogP contribution in [0, 0.1) is 0 Å². The van der Waals surface area contributed by atoms with Crippen LogP contribution in [0.4, 0.5) is 5.69 Å². The van der Waals surface area contributed by atoms with Gasteiger partial charge in [0.15, 0.2) is 5.69 Å². The minimum Gasteiger partial charge on any atom is -0.493 e. The minimum absolute atomic E-state index is 0.0467. The van der Waals surface area contributed by atoms with Gasteiger partial charge >= 0.3 is 5.91 Å². The van der Waals surface area contributed by atoms with Crippen molar-refractivity contribution >= 4 is 38.4 Å². The largest absolute Gasteiger partial charge is 0.493 e. The van der Waals surface area contributed by atoms with Gasteiger partial charge in [0.1, 0.15) is 5.69 Å². The normalized spacial score (nSPS) is 11.3. The number of carbonyl (C=O) groups excluding carboxylic acids is 1. The molecule has 28 heavy (non-hydrogen) atoms. The highest BCUT2D eigenvalue weighted by atomic mass is 79.9. The zero-order chi connectivity index (χ0) is 19.5. The first-order chi connectivity index (χ1) is 13.6. The number of aromatic nitrogens is 2. The molecule has 0 saturated carbocycles. The number of aromatic hydroxyl groups is 1. The second kappa shape index (κ2) is 7.74. The van der Waals surface area contributed by atoms with Crippen molar-refractivity contribution in [1.82, 2.24) is 9.55 Å². The summed E-state index contributed by atoms with van der Waals surface area (Å²) in [6.45, 7) is 0.467. The van der Waals surface area contributed by atoms with Crippen LogP contribution in [0.3, 0.4) is 0 Å². The van der Waals surface area contributed by atoms with Gasteiger partial charge < -0.3 is 9.67 Å². The van der Waals surface area contributed by atoms with E-state index in [1.807, 2.05) is 48.5 Å². The lowest BCUT2D eigenvalue weighted by Gasteiger charge is -2.07. The summed E-state index contributed by atoms with van der Waals surface area (Å²) in [7, 11) is 0. The van der Waals surface area contributed by atoms with Crippen molar-refractivity contribution in [2.45, 2.75) is 6.54 Å². The molecule has 4 aromatic rings. The fraction of sp³-hybridized carbons (Fsp3) is 0.0476. The van der Waals surface area contributed by atoms with Crippen LogP contribution in [0.15, 0.2) is 87.6 Å². The molecule has 2 heterocycles. The summed E-state index contributed by atoms with van der Waals surface area (Å²) in [6.07, 6.45) is 1.52. The second-order valence-corrected chi connectivity index (χ2v) is 7.04. The first-order valence-corrected chi connectivity index (χ1v) is 9.34. The van der Waals surface area contributed by atoms with E-state index >= 15 is 0 Å². The summed E-state index contributed by atoms with van der Waals surface area (Å²) in [4.78, 5) is 16.2. The van der Waals surface area contributed by atoms with Crippen molar-refractivity contribution in [3.8, 4) is 5.88 Å². The molecular formula is C21H15BrN4O2. The van der Waals surface area contributed by atoms with Crippen LogP contribution in [0.25, 0.3) is 10.9 Å². The van der Waals surface area contributed by atoms with Crippen molar-refractivity contribution in [2.24, 2.45) is 10.2 Å². The quantitative estimate of drug-likeness (QED) is 0.432. The Labute approximate surface area is 169 Å². The summed E-state index contributed by atoms with van der Waals surface area (Å²) in [5.41, 5.74) is 2.27. The lowest BCUT2D eigenvalue weighted by molar-refractivity contribution is 0.0990. The second-order valence-electron chi connectivity index (χ2n) is 6.13. The molecule has 2 aromatic heterocycles. The number of rotatable bonds is 4. The zero-order valence-electron chi connectivity index (χ0n) is 14.7. The predicted octanol–water partition coefficient (Wildman–Crippen LogP) is 5.48. The maximum atomic E-state index is 12.2. The molecule has 0 atom stereocenters. The summed E-state index contributed by atoms with van der Waals surface area (Å²) in [5, 5.41) is 19.3. The highest BCUT2D eigenvalue weighted by molar-refractivity contribution is 9.10. The zero-order valence-corrected chi connectivity index (χ0v) is 16.2. The molecule has 2 aromatic carbocycles. The third kappa shape index (κ3) is 3.57. The van der Waals surface area contributed by atoms with Crippen molar-refractivity contribution < 1.29 is 9.90 Å². The smallest absolute Gasteiger partial charge is 0.313 e. The van der Waals surface area contributed by atoms with Gasteiger partial charge in [-0.1, -0.05) is 52.3 Å². The number of nitrogens with zero attached hydrogens (tertiary/aromatic N) is 4. The molecule has 0 aliphatic rings. The third-order valence-electron chi connectivity index (χ3n) is 4.28. The van der Waals surface area contributed by atoms with Crippen molar-refractivity contribution in [3.05, 3.63) is 88.7 Å². The van der Waals surface area contributed by atoms with E-state index in [-0.39, 0.29) is 17.3 Å². The van der Waals surface area contributed by atoms with Gasteiger partial charge in [-0.3, -0.25) is 9.78 Å². The fourth-order valence-corrected chi connectivity index (χ4v) is 3.32. The molecule has 0 aliphatic heterocycles. The number of pyridine rings is 1. The van der Waals surface area contributed by atoms with Gasteiger partial charge in [0.25, 0.3) is 0 Å². The molecule has 1 amide bonds. The summed E-state index contributed by atoms with van der Waals surface area (Å²) in [6, 6.07) is 20.4. The Morgan fingerprint density at radius 3 is 2.61 bits per heavy atom. The molecule has 138 valence electrons. The van der Waals surface area contributed by atoms with E-state index in [0.29, 0.717) is 11.9 Å². The summed E-state index contributed by atoms with van der Waals surface area (Å²) >= 11 is 3.44. The lowest BCUT2D eigenvalue weighted by atomic mass is 10.2. The van der Waals surface area contributed by atoms with E-state index in [0.717, 1.165) is 15.6 Å². The number of fused-ring (bicyclic) bond motifs is 1. The van der Waals surface area contributed by atoms with Gasteiger partial charge in [-0.05, 0) is 35.9 Å². The number of hydrogen-bond donors (Lipinski definition) is 1. The maximum Gasteiger partial charge on any atom is 0.313 e. The summed E-state index contributed by atoms with van der Waals surface area (Å²) < 4.78 is 2.58. The Morgan fingerprint density at radius 2 is 1.86 bits per heavy atom. The highest BCUT2D eigenvalue weighted by Crippen LogP contribution is 2.40. The molecule has 0 radical (unpaired) electrons. The number of azo groups is 1. The molecule has 4 rings (SSSR count). The van der Waals surface area contributed by atoms with Crippen LogP contribution in [-0.4, -0.2) is 20.6 Å². The van der Waals surface area contributed by atoms with Crippen LogP contribution >= 0.6 is 15.9 Å². The van der Waals surface area contributed by atoms with Crippen molar-refractivity contribution in [1.29, 1.82) is 0 Å². The van der Waals surface area contributed by atoms with Gasteiger partial charge in [-0.15, -0.1) is 10.2 Å². The predicted molar refractivity (Wildman–Crippen MR) is 110 cm³/mol. The number of hydrogen-bond acceptors (Lipinski definition) is 4. The van der Waals surface area contributed by atoms with E-state index in [1.165, 1.54) is 6.20 Å². The fourth-order valence-electron chi connectivity index (χ4n) is 2.96. The first kappa shape index (κ1) is 18.1. The average Bonchev–Trinajstić information content (AvgIpc) is 2.98. The molecular weight excluding hydrogens is 420 g/mol. The Morgan fingerprint density at radius 1 is 1.07 bits per heavy atom. The van der Waals surface area contributed by atoms with E-state index in [4.69, 9.17) is 0 Å². The van der Waals surface area contributed by atoms with Gasteiger partial charge in [-0.25, -0.2) is 0 Å². The molecule has 0 saturated heterocycles. The standard InChI is InChI=1S/C21H15BrN4O2/c22-15-9-10-18-16(12-15)19(24-25-20(27)17-8-4-5-11-23-17)21(28)26(18)13-14-6-2-1-3-7-14/h1-12,28H,13H2. The monoisotopic (exact) mass is 434 g/mol. The first-order valence-electron chi connectivity index (χ1n) is 8.55. The topological polar surface area (TPSA) is 79.8 Å². The molecule has 0 aliphatic carbocycles. The van der Waals surface area contributed by atoms with E-state index in [9.17, 15) is 9.90 Å². The van der Waals surface area contributed by atoms with Crippen LogP contribution in [0.2, 0.25) is 0 Å². The van der Waals surface area contributed by atoms with Crippen molar-refractivity contribution in [3.63, 3.8) is 0 Å². The molecule has 0 fully saturated rings. The lowest BCUT2D eigenvalue weighted by Crippen LogP contribution is -1.98. The minimum atomic E-state index is -0.570. The molecule has 0 spiro atoms. The Balaban J connectivity index is 1.77. The SMILES string of the molecule is O=C(N=Nc1c(O)n(Cc2ccccc2)c2ccc(Br)cc12)c1ccccn1. The van der Waals surface area contributed by atoms with E-state index in [2.05, 4.69) is 31.1 Å². The Bertz CT molecular complexity index is 1170. The average molecular weight is 435 g/mol. The van der Waals surface area contributed by atoms with E-state index < -0.39 is 5.91 Å². The van der Waals surface area contributed by atoms with Gasteiger partial charge in [0.05, 0.1) is 12.1 Å². The van der Waals surface area contributed by atoms with Crippen LogP contribution in [0.1, 0.15) is 16.1 Å². The van der Waals surface area contributed by atoms with E-state index in [1.54, 1.807) is 22.8 Å². The van der Waals surface area contributed by atoms with Crippen LogP contribution in [0.5, 0.6) is 5.88 Å². The van der Waals surface area contributed by atoms with Gasteiger partial charge in [-0.2, -0.15) is 0 Å². The molecule has 7 heteroatoms. The van der Waals surface area contributed by atoms with Crippen molar-refractivity contribution in [2.75, 3.05) is 0 Å². The maximum absolute atomic E-state index is 12.2. The Kier molecular flexibility index (Phi) is 4.99. The molecule has 6 nitrogen and oxygen atoms in total. The molecule has 0 bridgehead atoms. The summed E-state index contributed by atoms with van der Waals surface area (Å²) in [5.74, 6) is -0.617. The number of carbonyl (C=O) groups is 1. The van der Waals surface area contributed by atoms with Gasteiger partial charge in [0.2, 0.25) is 5.88 Å². The highest BCUT2D eigenvalue weighted by Gasteiger charge is 2.18. The third-order valence-corrected chi connectivity index (χ3v) is 4.77. The van der Waals surface area contributed by atoms with Crippen LogP contribution in [-0.2, 0) is 6.54 Å². The Hall–Kier alpha value is -3.32. The number of halogens is 1. The van der Waals surface area contributed by atoms with Gasteiger partial charge in [0, 0.05) is 16.1 Å². The molecule has 0 unspecified atom stereocenters. The number of benzene rings is 2.